The number of fused-ring (bicyclic) bond motifs is 1. The minimum absolute atomic E-state index is 0.0668. The van der Waals surface area contributed by atoms with E-state index in [9.17, 15) is 4.79 Å². The van der Waals surface area contributed by atoms with Gasteiger partial charge >= 0.3 is 0 Å². The monoisotopic (exact) mass is 282 g/mol. The Hall–Kier alpha value is -2.17. The highest BCUT2D eigenvalue weighted by atomic mass is 16.5. The van der Waals surface area contributed by atoms with Crippen LogP contribution in [0.1, 0.15) is 32.6 Å². The summed E-state index contributed by atoms with van der Waals surface area (Å²) >= 11 is 0. The second kappa shape index (κ2) is 6.08. The second-order valence-electron chi connectivity index (χ2n) is 5.18. The first kappa shape index (κ1) is 13.8. The highest BCUT2D eigenvalue weighted by molar-refractivity contribution is 5.94. The molecule has 0 bridgehead atoms. The Morgan fingerprint density at radius 1 is 1.10 bits per heavy atom. The lowest BCUT2D eigenvalue weighted by Gasteiger charge is -2.08. The van der Waals surface area contributed by atoms with Gasteiger partial charge in [-0.25, -0.2) is 0 Å². The van der Waals surface area contributed by atoms with Gasteiger partial charge < -0.3 is 15.8 Å². The average molecular weight is 282 g/mol. The first-order valence-corrected chi connectivity index (χ1v) is 7.02. The topological polar surface area (TPSA) is 64.3 Å². The molecule has 0 aliphatic carbocycles. The summed E-state index contributed by atoms with van der Waals surface area (Å²) in [6, 6.07) is 13.6. The molecule has 0 saturated carbocycles. The first-order chi connectivity index (χ1) is 10.3. The standard InChI is InChI=1S/C17H18N2O2/c18-8-12-2-1-3-13(6-12)9-19-17(20)14-4-5-15-10-21-11-16(15)7-14/h1-7H,8-11,18H2,(H,19,20). The largest absolute Gasteiger partial charge is 0.372 e. The predicted octanol–water partition coefficient (Wildman–Crippen LogP) is 2.11. The molecule has 1 aliphatic heterocycles. The quantitative estimate of drug-likeness (QED) is 0.902. The Balaban J connectivity index is 1.66. The van der Waals surface area contributed by atoms with E-state index >= 15 is 0 Å². The van der Waals surface area contributed by atoms with Crippen LogP contribution in [0.15, 0.2) is 42.5 Å². The van der Waals surface area contributed by atoms with E-state index in [2.05, 4.69) is 5.32 Å². The van der Waals surface area contributed by atoms with Crippen molar-refractivity contribution in [2.24, 2.45) is 5.73 Å². The van der Waals surface area contributed by atoms with Gasteiger partial charge in [0.25, 0.3) is 5.91 Å². The van der Waals surface area contributed by atoms with Crippen molar-refractivity contribution in [1.82, 2.24) is 5.32 Å². The molecule has 4 nitrogen and oxygen atoms in total. The lowest BCUT2D eigenvalue weighted by molar-refractivity contribution is 0.0950. The molecule has 108 valence electrons. The van der Waals surface area contributed by atoms with Gasteiger partial charge in [0.15, 0.2) is 0 Å². The highest BCUT2D eigenvalue weighted by Crippen LogP contribution is 2.20. The van der Waals surface area contributed by atoms with Crippen LogP contribution in [0.5, 0.6) is 0 Å². The average Bonchev–Trinajstić information content (AvgIpc) is 3.00. The van der Waals surface area contributed by atoms with Crippen molar-refractivity contribution in [3.8, 4) is 0 Å². The summed E-state index contributed by atoms with van der Waals surface area (Å²) in [6.07, 6.45) is 0. The fourth-order valence-corrected chi connectivity index (χ4v) is 2.46. The van der Waals surface area contributed by atoms with E-state index in [0.29, 0.717) is 31.9 Å². The lowest BCUT2D eigenvalue weighted by Crippen LogP contribution is -2.23. The summed E-state index contributed by atoms with van der Waals surface area (Å²) in [7, 11) is 0. The lowest BCUT2D eigenvalue weighted by atomic mass is 10.1. The minimum Gasteiger partial charge on any atom is -0.372 e. The van der Waals surface area contributed by atoms with Gasteiger partial charge in [0.1, 0.15) is 0 Å². The molecule has 21 heavy (non-hydrogen) atoms. The van der Waals surface area contributed by atoms with E-state index in [-0.39, 0.29) is 5.91 Å². The van der Waals surface area contributed by atoms with Gasteiger partial charge in [0.05, 0.1) is 13.2 Å². The molecular formula is C17H18N2O2. The molecule has 0 unspecified atom stereocenters. The van der Waals surface area contributed by atoms with E-state index in [1.165, 1.54) is 5.56 Å². The first-order valence-electron chi connectivity index (χ1n) is 7.02. The van der Waals surface area contributed by atoms with Crippen LogP contribution in [0.3, 0.4) is 0 Å². The molecule has 0 spiro atoms. The third kappa shape index (κ3) is 3.12. The van der Waals surface area contributed by atoms with Gasteiger partial charge in [-0.3, -0.25) is 4.79 Å². The number of nitrogens with two attached hydrogens (primary N) is 1. The van der Waals surface area contributed by atoms with E-state index in [4.69, 9.17) is 10.5 Å². The zero-order valence-electron chi connectivity index (χ0n) is 11.8. The van der Waals surface area contributed by atoms with Gasteiger partial charge in [0.2, 0.25) is 0 Å². The normalized spacial score (nSPS) is 13.0. The molecule has 3 N–H and O–H groups in total. The number of benzene rings is 2. The van der Waals surface area contributed by atoms with Crippen LogP contribution in [0.2, 0.25) is 0 Å². The Bertz CT molecular complexity index is 668. The fourth-order valence-electron chi connectivity index (χ4n) is 2.46. The van der Waals surface area contributed by atoms with E-state index < -0.39 is 0 Å². The van der Waals surface area contributed by atoms with Crippen LogP contribution in [-0.4, -0.2) is 5.91 Å². The third-order valence-corrected chi connectivity index (χ3v) is 3.66. The van der Waals surface area contributed by atoms with Gasteiger partial charge in [-0.05, 0) is 34.4 Å². The van der Waals surface area contributed by atoms with Crippen molar-refractivity contribution in [1.29, 1.82) is 0 Å². The van der Waals surface area contributed by atoms with Gasteiger partial charge in [-0.2, -0.15) is 0 Å². The van der Waals surface area contributed by atoms with Crippen LogP contribution in [0.25, 0.3) is 0 Å². The molecule has 1 aliphatic rings. The Morgan fingerprint density at radius 3 is 2.76 bits per heavy atom. The molecule has 0 aromatic heterocycles. The van der Waals surface area contributed by atoms with Crippen molar-refractivity contribution >= 4 is 5.91 Å². The molecular weight excluding hydrogens is 264 g/mol. The molecule has 2 aromatic carbocycles. The Kier molecular flexibility index (Phi) is 3.99. The summed E-state index contributed by atoms with van der Waals surface area (Å²) in [5.41, 5.74) is 10.7. The molecule has 0 fully saturated rings. The van der Waals surface area contributed by atoms with Crippen molar-refractivity contribution in [3.63, 3.8) is 0 Å². The Labute approximate surface area is 123 Å². The van der Waals surface area contributed by atoms with Crippen molar-refractivity contribution in [2.75, 3.05) is 0 Å². The minimum atomic E-state index is -0.0668. The van der Waals surface area contributed by atoms with Crippen LogP contribution >= 0.6 is 0 Å². The van der Waals surface area contributed by atoms with Crippen molar-refractivity contribution < 1.29 is 9.53 Å². The molecule has 4 heteroatoms. The number of hydrogen-bond donors (Lipinski definition) is 2. The zero-order valence-corrected chi connectivity index (χ0v) is 11.8. The fraction of sp³-hybridized carbons (Fsp3) is 0.235. The summed E-state index contributed by atoms with van der Waals surface area (Å²) in [5, 5.41) is 2.94. The number of carbonyl (C=O) groups is 1. The number of carbonyl (C=O) groups excluding carboxylic acids is 1. The zero-order chi connectivity index (χ0) is 14.7. The molecule has 3 rings (SSSR count). The summed E-state index contributed by atoms with van der Waals surface area (Å²) in [5.74, 6) is -0.0668. The molecule has 0 radical (unpaired) electrons. The maximum absolute atomic E-state index is 12.2. The number of rotatable bonds is 4. The number of ether oxygens (including phenoxy) is 1. The Morgan fingerprint density at radius 2 is 1.90 bits per heavy atom. The van der Waals surface area contributed by atoms with Gasteiger partial charge in [-0.15, -0.1) is 0 Å². The van der Waals surface area contributed by atoms with Crippen LogP contribution in [0.4, 0.5) is 0 Å². The number of nitrogens with one attached hydrogen (secondary N) is 1. The molecule has 2 aromatic rings. The highest BCUT2D eigenvalue weighted by Gasteiger charge is 2.14. The van der Waals surface area contributed by atoms with Gasteiger partial charge in [0, 0.05) is 18.7 Å². The maximum atomic E-state index is 12.2. The van der Waals surface area contributed by atoms with E-state index in [1.54, 1.807) is 0 Å². The van der Waals surface area contributed by atoms with E-state index in [0.717, 1.165) is 16.7 Å². The molecule has 0 atom stereocenters. The molecule has 1 amide bonds. The van der Waals surface area contributed by atoms with Crippen LogP contribution in [-0.2, 0) is 31.0 Å². The number of amides is 1. The number of hydrogen-bond acceptors (Lipinski definition) is 3. The van der Waals surface area contributed by atoms with E-state index in [1.807, 2.05) is 42.5 Å². The van der Waals surface area contributed by atoms with Crippen molar-refractivity contribution in [2.45, 2.75) is 26.3 Å². The summed E-state index contributed by atoms with van der Waals surface area (Å²) in [4.78, 5) is 12.2. The summed E-state index contributed by atoms with van der Waals surface area (Å²) in [6.45, 7) is 2.24. The maximum Gasteiger partial charge on any atom is 0.251 e. The molecule has 0 saturated heterocycles. The van der Waals surface area contributed by atoms with Crippen LogP contribution in [0, 0.1) is 0 Å². The van der Waals surface area contributed by atoms with Crippen molar-refractivity contribution in [3.05, 3.63) is 70.3 Å². The third-order valence-electron chi connectivity index (χ3n) is 3.66. The predicted molar refractivity (Wildman–Crippen MR) is 80.4 cm³/mol. The van der Waals surface area contributed by atoms with Crippen LogP contribution < -0.4 is 11.1 Å². The smallest absolute Gasteiger partial charge is 0.251 e. The SMILES string of the molecule is NCc1cccc(CNC(=O)c2ccc3c(c2)COC3)c1. The second-order valence-corrected chi connectivity index (χ2v) is 5.18. The molecule has 1 heterocycles. The summed E-state index contributed by atoms with van der Waals surface area (Å²) < 4.78 is 5.36. The van der Waals surface area contributed by atoms with Gasteiger partial charge in [-0.1, -0.05) is 30.3 Å².